The van der Waals surface area contributed by atoms with Crippen LogP contribution in [0, 0.1) is 6.92 Å². The highest BCUT2D eigenvalue weighted by Crippen LogP contribution is 2.28. The van der Waals surface area contributed by atoms with E-state index in [1.165, 1.54) is 0 Å². The first-order chi connectivity index (χ1) is 12.4. The fourth-order valence-corrected chi connectivity index (χ4v) is 5.97. The Bertz CT molecular complexity index is 932. The number of furan rings is 1. The molecule has 1 amide bonds. The first-order valence-corrected chi connectivity index (χ1v) is 10.6. The van der Waals surface area contributed by atoms with Gasteiger partial charge in [0.1, 0.15) is 11.5 Å². The van der Waals surface area contributed by atoms with Crippen LogP contribution in [0.2, 0.25) is 0 Å². The standard InChI is InChI=1S/C17H22N4O4S/c1-3-20-6-7-21(15-10-26(23,24)9-14(15)20)17(22)13-8-12(18-19-13)16-5-4-11(2)25-16/h4-5,8,14-15H,3,6-7,9-10H2,1-2H3,(H,18,19)/t14-,15+/m1/s1. The molecule has 2 saturated heterocycles. The van der Waals surface area contributed by atoms with Crippen molar-refractivity contribution in [2.45, 2.75) is 25.9 Å². The highest BCUT2D eigenvalue weighted by Gasteiger charge is 2.47. The van der Waals surface area contributed by atoms with E-state index in [-0.39, 0.29) is 35.2 Å². The number of sulfone groups is 1. The Hall–Kier alpha value is -2.13. The zero-order chi connectivity index (χ0) is 18.5. The highest BCUT2D eigenvalue weighted by atomic mass is 32.2. The summed E-state index contributed by atoms with van der Waals surface area (Å²) in [5.74, 6) is 1.29. The molecule has 0 radical (unpaired) electrons. The smallest absolute Gasteiger partial charge is 0.274 e. The predicted octanol–water partition coefficient (Wildman–Crippen LogP) is 0.921. The van der Waals surface area contributed by atoms with Gasteiger partial charge in [0.2, 0.25) is 0 Å². The summed E-state index contributed by atoms with van der Waals surface area (Å²) in [5, 5.41) is 6.96. The van der Waals surface area contributed by atoms with Crippen molar-refractivity contribution in [2.24, 2.45) is 0 Å². The first-order valence-electron chi connectivity index (χ1n) is 8.75. The Morgan fingerprint density at radius 1 is 1.31 bits per heavy atom. The van der Waals surface area contributed by atoms with Crippen molar-refractivity contribution in [3.8, 4) is 11.5 Å². The lowest BCUT2D eigenvalue weighted by atomic mass is 10.0. The van der Waals surface area contributed by atoms with Crippen LogP contribution in [0.25, 0.3) is 11.5 Å². The largest absolute Gasteiger partial charge is 0.460 e. The van der Waals surface area contributed by atoms with E-state index in [1.807, 2.05) is 26.0 Å². The number of aryl methyl sites for hydroxylation is 1. The number of aromatic amines is 1. The second kappa shape index (κ2) is 6.24. The molecule has 0 bridgehead atoms. The average molecular weight is 378 g/mol. The van der Waals surface area contributed by atoms with Crippen molar-refractivity contribution in [1.82, 2.24) is 20.0 Å². The fourth-order valence-electron chi connectivity index (χ4n) is 3.95. The molecule has 2 aromatic rings. The molecule has 4 rings (SSSR count). The number of likely N-dealkylation sites (N-methyl/N-ethyl adjacent to an activating group) is 1. The van der Waals surface area contributed by atoms with Gasteiger partial charge in [-0.1, -0.05) is 6.92 Å². The van der Waals surface area contributed by atoms with Gasteiger partial charge in [-0.3, -0.25) is 14.8 Å². The molecule has 2 aliphatic heterocycles. The zero-order valence-corrected chi connectivity index (χ0v) is 15.6. The number of nitrogens with zero attached hydrogens (tertiary/aromatic N) is 3. The summed E-state index contributed by atoms with van der Waals surface area (Å²) in [7, 11) is -3.13. The third kappa shape index (κ3) is 2.95. The minimum absolute atomic E-state index is 0.0224. The van der Waals surface area contributed by atoms with Crippen LogP contribution < -0.4 is 0 Å². The van der Waals surface area contributed by atoms with Crippen LogP contribution in [0.5, 0.6) is 0 Å². The normalized spacial score (nSPS) is 25.4. The van der Waals surface area contributed by atoms with E-state index in [4.69, 9.17) is 4.42 Å². The maximum Gasteiger partial charge on any atom is 0.274 e. The Balaban J connectivity index is 1.59. The number of amides is 1. The van der Waals surface area contributed by atoms with Crippen LogP contribution >= 0.6 is 0 Å². The number of carbonyl (C=O) groups excluding carboxylic acids is 1. The summed E-state index contributed by atoms with van der Waals surface area (Å²) in [4.78, 5) is 16.8. The Morgan fingerprint density at radius 2 is 2.08 bits per heavy atom. The van der Waals surface area contributed by atoms with Crippen LogP contribution in [0.1, 0.15) is 23.2 Å². The van der Waals surface area contributed by atoms with Crippen molar-refractivity contribution < 1.29 is 17.6 Å². The number of fused-ring (bicyclic) bond motifs is 1. The molecule has 2 aliphatic rings. The first kappa shape index (κ1) is 17.3. The number of piperazine rings is 1. The minimum atomic E-state index is -3.13. The monoisotopic (exact) mass is 378 g/mol. The van der Waals surface area contributed by atoms with Gasteiger partial charge in [0.25, 0.3) is 5.91 Å². The topological polar surface area (TPSA) is 99.5 Å². The molecule has 0 unspecified atom stereocenters. The van der Waals surface area contributed by atoms with E-state index >= 15 is 0 Å². The second-order valence-electron chi connectivity index (χ2n) is 6.92. The number of carbonyl (C=O) groups is 1. The van der Waals surface area contributed by atoms with Gasteiger partial charge in [-0.25, -0.2) is 8.42 Å². The van der Waals surface area contributed by atoms with Crippen molar-refractivity contribution in [2.75, 3.05) is 31.1 Å². The number of hydrogen-bond acceptors (Lipinski definition) is 6. The molecule has 0 aromatic carbocycles. The van der Waals surface area contributed by atoms with E-state index in [0.717, 1.165) is 12.3 Å². The predicted molar refractivity (Wildman–Crippen MR) is 95.5 cm³/mol. The van der Waals surface area contributed by atoms with E-state index < -0.39 is 9.84 Å². The number of H-pyrrole nitrogens is 1. The summed E-state index contributed by atoms with van der Waals surface area (Å²) in [6.07, 6.45) is 0. The minimum Gasteiger partial charge on any atom is -0.460 e. The molecule has 2 aromatic heterocycles. The lowest BCUT2D eigenvalue weighted by molar-refractivity contribution is 0.0344. The van der Waals surface area contributed by atoms with Gasteiger partial charge in [0, 0.05) is 25.2 Å². The number of nitrogens with one attached hydrogen (secondary N) is 1. The number of rotatable bonds is 3. The van der Waals surface area contributed by atoms with Gasteiger partial charge >= 0.3 is 0 Å². The zero-order valence-electron chi connectivity index (χ0n) is 14.8. The van der Waals surface area contributed by atoms with Gasteiger partial charge in [-0.05, 0) is 25.6 Å². The third-order valence-corrected chi connectivity index (χ3v) is 6.96. The quantitative estimate of drug-likeness (QED) is 0.853. The molecule has 4 heterocycles. The molecule has 1 N–H and O–H groups in total. The molecule has 2 fully saturated rings. The van der Waals surface area contributed by atoms with Crippen molar-refractivity contribution in [3.63, 3.8) is 0 Å². The van der Waals surface area contributed by atoms with Crippen LogP contribution in [0.15, 0.2) is 22.6 Å². The molecule has 140 valence electrons. The molecule has 0 aliphatic carbocycles. The van der Waals surface area contributed by atoms with E-state index in [0.29, 0.717) is 24.5 Å². The summed E-state index contributed by atoms with van der Waals surface area (Å²) >= 11 is 0. The number of hydrogen-bond donors (Lipinski definition) is 1. The molecule has 8 nitrogen and oxygen atoms in total. The molecular formula is C17H22N4O4S. The highest BCUT2D eigenvalue weighted by molar-refractivity contribution is 7.91. The van der Waals surface area contributed by atoms with Crippen LogP contribution in [-0.4, -0.2) is 77.5 Å². The molecule has 0 saturated carbocycles. The van der Waals surface area contributed by atoms with Crippen LogP contribution in [0.4, 0.5) is 0 Å². The maximum atomic E-state index is 13.0. The van der Waals surface area contributed by atoms with Crippen LogP contribution in [-0.2, 0) is 9.84 Å². The molecule has 0 spiro atoms. The Labute approximate surface area is 152 Å². The lowest BCUT2D eigenvalue weighted by Gasteiger charge is -2.43. The van der Waals surface area contributed by atoms with E-state index in [1.54, 1.807) is 11.0 Å². The number of aromatic nitrogens is 2. The molecule has 2 atom stereocenters. The van der Waals surface area contributed by atoms with Crippen molar-refractivity contribution in [3.05, 3.63) is 29.7 Å². The van der Waals surface area contributed by atoms with E-state index in [9.17, 15) is 13.2 Å². The average Bonchev–Trinajstić information content (AvgIpc) is 3.30. The molecule has 26 heavy (non-hydrogen) atoms. The van der Waals surface area contributed by atoms with Gasteiger partial charge < -0.3 is 9.32 Å². The maximum absolute atomic E-state index is 13.0. The fraction of sp³-hybridized carbons (Fsp3) is 0.529. The molecule has 9 heteroatoms. The molecular weight excluding hydrogens is 356 g/mol. The van der Waals surface area contributed by atoms with Gasteiger partial charge in [-0.2, -0.15) is 5.10 Å². The summed E-state index contributed by atoms with van der Waals surface area (Å²) in [5.41, 5.74) is 0.909. The second-order valence-corrected chi connectivity index (χ2v) is 9.07. The summed E-state index contributed by atoms with van der Waals surface area (Å²) in [6, 6.07) is 4.87. The Morgan fingerprint density at radius 3 is 2.77 bits per heavy atom. The van der Waals surface area contributed by atoms with Gasteiger partial charge in [-0.15, -0.1) is 0 Å². The van der Waals surface area contributed by atoms with Crippen molar-refractivity contribution in [1.29, 1.82) is 0 Å². The summed E-state index contributed by atoms with van der Waals surface area (Å²) in [6.45, 7) is 5.83. The van der Waals surface area contributed by atoms with E-state index in [2.05, 4.69) is 15.1 Å². The third-order valence-electron chi connectivity index (χ3n) is 5.26. The Kier molecular flexibility index (Phi) is 4.15. The SMILES string of the molecule is CCN1CCN(C(=O)c2cc(-c3ccc(C)o3)[nH]n2)[C@H]2CS(=O)(=O)C[C@H]21. The summed E-state index contributed by atoms with van der Waals surface area (Å²) < 4.78 is 29.9. The van der Waals surface area contributed by atoms with Crippen molar-refractivity contribution >= 4 is 15.7 Å². The van der Waals surface area contributed by atoms with Crippen LogP contribution in [0.3, 0.4) is 0 Å². The lowest BCUT2D eigenvalue weighted by Crippen LogP contribution is -2.60. The van der Waals surface area contributed by atoms with Gasteiger partial charge in [0.05, 0.1) is 17.5 Å². The van der Waals surface area contributed by atoms with Gasteiger partial charge in [0.15, 0.2) is 21.3 Å².